The first kappa shape index (κ1) is 14.9. The Bertz CT molecular complexity index is 680. The van der Waals surface area contributed by atoms with Crippen LogP contribution in [0.15, 0.2) is 24.3 Å². The molecule has 1 aliphatic rings. The third-order valence-electron chi connectivity index (χ3n) is 4.33. The first-order chi connectivity index (χ1) is 10.6. The van der Waals surface area contributed by atoms with E-state index >= 15 is 0 Å². The van der Waals surface area contributed by atoms with E-state index < -0.39 is 6.10 Å². The van der Waals surface area contributed by atoms with Crippen LogP contribution in [0.5, 0.6) is 5.88 Å². The van der Waals surface area contributed by atoms with E-state index in [2.05, 4.69) is 12.0 Å². The van der Waals surface area contributed by atoms with Gasteiger partial charge in [0.15, 0.2) is 6.10 Å². The van der Waals surface area contributed by atoms with Crippen LogP contribution in [0.4, 0.5) is 0 Å². The lowest BCUT2D eigenvalue weighted by molar-refractivity contribution is -0.139. The molecule has 5 heteroatoms. The molecule has 1 aliphatic heterocycles. The minimum atomic E-state index is -0.511. The molecule has 1 aromatic heterocycles. The molecular weight excluding hydrogens is 278 g/mol. The number of benzene rings is 1. The quantitative estimate of drug-likeness (QED) is 0.875. The lowest BCUT2D eigenvalue weighted by Gasteiger charge is -2.32. The summed E-state index contributed by atoms with van der Waals surface area (Å²) in [4.78, 5) is 14.5. The largest absolute Gasteiger partial charge is 0.463 e. The molecule has 0 unspecified atom stereocenters. The van der Waals surface area contributed by atoms with Crippen molar-refractivity contribution in [2.24, 2.45) is 13.0 Å². The van der Waals surface area contributed by atoms with Crippen molar-refractivity contribution in [3.8, 4) is 5.88 Å². The van der Waals surface area contributed by atoms with Crippen LogP contribution in [0.3, 0.4) is 0 Å². The zero-order chi connectivity index (χ0) is 15.7. The zero-order valence-corrected chi connectivity index (χ0v) is 13.5. The molecule has 118 valence electrons. The molecular formula is C17H23N3O2. The van der Waals surface area contributed by atoms with Crippen LogP contribution in [-0.4, -0.2) is 39.8 Å². The van der Waals surface area contributed by atoms with Crippen molar-refractivity contribution in [1.82, 2.24) is 14.7 Å². The Morgan fingerprint density at radius 2 is 2.18 bits per heavy atom. The molecule has 0 spiro atoms. The number of hydrogen-bond donors (Lipinski definition) is 0. The van der Waals surface area contributed by atoms with Crippen molar-refractivity contribution in [2.45, 2.75) is 32.8 Å². The lowest BCUT2D eigenvalue weighted by atomic mass is 10.00. The van der Waals surface area contributed by atoms with E-state index in [4.69, 9.17) is 4.74 Å². The van der Waals surface area contributed by atoms with E-state index in [1.165, 1.54) is 6.42 Å². The summed E-state index contributed by atoms with van der Waals surface area (Å²) in [5.41, 5.74) is 1.00. The topological polar surface area (TPSA) is 47.4 Å². The number of fused-ring (bicyclic) bond motifs is 1. The lowest BCUT2D eigenvalue weighted by Crippen LogP contribution is -2.45. The van der Waals surface area contributed by atoms with Gasteiger partial charge >= 0.3 is 0 Å². The van der Waals surface area contributed by atoms with Gasteiger partial charge in [0.2, 0.25) is 5.88 Å². The standard InChI is InChI=1S/C17H23N3O2/c1-12-7-6-10-20(11-12)17(21)13(2)22-16-14-8-4-5-9-15(14)19(3)18-16/h4-5,8-9,12-13H,6-7,10-11H2,1-3H3/t12-,13+/m0/s1. The number of carbonyl (C=O) groups is 1. The molecule has 0 saturated carbocycles. The van der Waals surface area contributed by atoms with Gasteiger partial charge in [-0.3, -0.25) is 9.48 Å². The second-order valence-corrected chi connectivity index (χ2v) is 6.24. The second kappa shape index (κ2) is 5.99. The Kier molecular flexibility index (Phi) is 4.05. The van der Waals surface area contributed by atoms with Gasteiger partial charge in [-0.25, -0.2) is 0 Å². The van der Waals surface area contributed by atoms with Crippen molar-refractivity contribution >= 4 is 16.8 Å². The number of hydrogen-bond acceptors (Lipinski definition) is 3. The maximum atomic E-state index is 12.6. The molecule has 0 bridgehead atoms. The van der Waals surface area contributed by atoms with E-state index in [9.17, 15) is 4.79 Å². The third kappa shape index (κ3) is 2.80. The van der Waals surface area contributed by atoms with Crippen molar-refractivity contribution in [3.63, 3.8) is 0 Å². The fourth-order valence-electron chi connectivity index (χ4n) is 3.13. The van der Waals surface area contributed by atoms with Gasteiger partial charge in [0.05, 0.1) is 10.9 Å². The minimum absolute atomic E-state index is 0.0567. The molecule has 2 heterocycles. The zero-order valence-electron chi connectivity index (χ0n) is 13.5. The summed E-state index contributed by atoms with van der Waals surface area (Å²) >= 11 is 0. The van der Waals surface area contributed by atoms with Crippen LogP contribution < -0.4 is 4.74 Å². The number of piperidine rings is 1. The highest BCUT2D eigenvalue weighted by Crippen LogP contribution is 2.25. The highest BCUT2D eigenvalue weighted by Gasteiger charge is 2.27. The molecule has 1 aromatic carbocycles. The summed E-state index contributed by atoms with van der Waals surface area (Å²) in [5, 5.41) is 5.34. The van der Waals surface area contributed by atoms with Gasteiger partial charge in [-0.2, -0.15) is 0 Å². The number of nitrogens with zero attached hydrogens (tertiary/aromatic N) is 3. The van der Waals surface area contributed by atoms with Gasteiger partial charge in [-0.1, -0.05) is 19.1 Å². The number of amides is 1. The highest BCUT2D eigenvalue weighted by molar-refractivity contribution is 5.86. The molecule has 5 nitrogen and oxygen atoms in total. The average molecular weight is 301 g/mol. The summed E-state index contributed by atoms with van der Waals surface area (Å²) in [6.07, 6.45) is 1.76. The second-order valence-electron chi connectivity index (χ2n) is 6.24. The Morgan fingerprint density at radius 3 is 2.95 bits per heavy atom. The minimum Gasteiger partial charge on any atom is -0.463 e. The molecule has 3 rings (SSSR count). The summed E-state index contributed by atoms with van der Waals surface area (Å²) in [6.45, 7) is 5.66. The number of carbonyl (C=O) groups excluding carboxylic acids is 1. The average Bonchev–Trinajstić information content (AvgIpc) is 2.83. The molecule has 0 N–H and O–H groups in total. The van der Waals surface area contributed by atoms with E-state index in [1.54, 1.807) is 4.68 Å². The molecule has 1 fully saturated rings. The predicted octanol–water partition coefficient (Wildman–Crippen LogP) is 2.60. The van der Waals surface area contributed by atoms with Crippen molar-refractivity contribution in [2.75, 3.05) is 13.1 Å². The van der Waals surface area contributed by atoms with Gasteiger partial charge in [0, 0.05) is 20.1 Å². The van der Waals surface area contributed by atoms with Crippen LogP contribution in [0.2, 0.25) is 0 Å². The van der Waals surface area contributed by atoms with Gasteiger partial charge in [0.1, 0.15) is 0 Å². The summed E-state index contributed by atoms with van der Waals surface area (Å²) in [5.74, 6) is 1.16. The first-order valence-electron chi connectivity index (χ1n) is 7.93. The number of rotatable bonds is 3. The Hall–Kier alpha value is -2.04. The van der Waals surface area contributed by atoms with E-state index in [-0.39, 0.29) is 5.91 Å². The van der Waals surface area contributed by atoms with Crippen LogP contribution in [0.25, 0.3) is 10.9 Å². The number of aromatic nitrogens is 2. The van der Waals surface area contributed by atoms with E-state index in [1.807, 2.05) is 43.1 Å². The van der Waals surface area contributed by atoms with E-state index in [0.29, 0.717) is 11.8 Å². The molecule has 22 heavy (non-hydrogen) atoms. The molecule has 0 aliphatic carbocycles. The molecule has 1 amide bonds. The van der Waals surface area contributed by atoms with Gasteiger partial charge in [0.25, 0.3) is 5.91 Å². The predicted molar refractivity (Wildman–Crippen MR) is 85.8 cm³/mol. The summed E-state index contributed by atoms with van der Waals surface area (Å²) in [6, 6.07) is 7.89. The van der Waals surface area contributed by atoms with Crippen molar-refractivity contribution in [3.05, 3.63) is 24.3 Å². The normalized spacial score (nSPS) is 20.1. The van der Waals surface area contributed by atoms with Crippen LogP contribution in [0.1, 0.15) is 26.7 Å². The van der Waals surface area contributed by atoms with Gasteiger partial charge in [-0.15, -0.1) is 5.10 Å². The van der Waals surface area contributed by atoms with Crippen LogP contribution in [-0.2, 0) is 11.8 Å². The highest BCUT2D eigenvalue weighted by atomic mass is 16.5. The summed E-state index contributed by atoms with van der Waals surface area (Å²) < 4.78 is 7.66. The SMILES string of the molecule is C[C@H]1CCCN(C(=O)[C@@H](C)Oc2nn(C)c3ccccc23)C1. The Balaban J connectivity index is 1.75. The Labute approximate surface area is 130 Å². The number of aryl methyl sites for hydroxylation is 1. The van der Waals surface area contributed by atoms with Crippen LogP contribution >= 0.6 is 0 Å². The molecule has 2 atom stereocenters. The summed E-state index contributed by atoms with van der Waals surface area (Å²) in [7, 11) is 1.88. The number of likely N-dealkylation sites (tertiary alicyclic amines) is 1. The van der Waals surface area contributed by atoms with E-state index in [0.717, 1.165) is 30.4 Å². The maximum absolute atomic E-state index is 12.6. The molecule has 2 aromatic rings. The number of para-hydroxylation sites is 1. The monoisotopic (exact) mass is 301 g/mol. The maximum Gasteiger partial charge on any atom is 0.263 e. The number of ether oxygens (including phenoxy) is 1. The molecule has 0 radical (unpaired) electrons. The first-order valence-corrected chi connectivity index (χ1v) is 7.93. The molecule has 1 saturated heterocycles. The smallest absolute Gasteiger partial charge is 0.263 e. The fourth-order valence-corrected chi connectivity index (χ4v) is 3.13. The fraction of sp³-hybridized carbons (Fsp3) is 0.529. The third-order valence-corrected chi connectivity index (χ3v) is 4.33. The van der Waals surface area contributed by atoms with Crippen LogP contribution in [0, 0.1) is 5.92 Å². The van der Waals surface area contributed by atoms with Crippen molar-refractivity contribution in [1.29, 1.82) is 0 Å². The van der Waals surface area contributed by atoms with Gasteiger partial charge in [-0.05, 0) is 37.8 Å². The van der Waals surface area contributed by atoms with Gasteiger partial charge < -0.3 is 9.64 Å². The van der Waals surface area contributed by atoms with Crippen molar-refractivity contribution < 1.29 is 9.53 Å². The Morgan fingerprint density at radius 1 is 1.41 bits per heavy atom.